The SMILES string of the molecule is CN(CCCCCN)S(=O)(=O)c1ccccc1. The van der Waals surface area contributed by atoms with E-state index < -0.39 is 10.0 Å². The Hall–Kier alpha value is -0.910. The second-order valence-corrected chi connectivity index (χ2v) is 6.03. The predicted octanol–water partition coefficient (Wildman–Crippen LogP) is 1.44. The monoisotopic (exact) mass is 256 g/mol. The molecule has 0 radical (unpaired) electrons. The Morgan fingerprint density at radius 3 is 2.35 bits per heavy atom. The molecular weight excluding hydrogens is 236 g/mol. The van der Waals surface area contributed by atoms with Crippen LogP contribution in [-0.4, -0.2) is 32.9 Å². The van der Waals surface area contributed by atoms with Crippen LogP contribution in [0.5, 0.6) is 0 Å². The molecule has 0 saturated carbocycles. The highest BCUT2D eigenvalue weighted by Gasteiger charge is 2.19. The molecule has 4 nitrogen and oxygen atoms in total. The Balaban J connectivity index is 2.59. The number of nitrogens with zero attached hydrogens (tertiary/aromatic N) is 1. The van der Waals surface area contributed by atoms with E-state index in [9.17, 15) is 8.42 Å². The Kier molecular flexibility index (Phi) is 5.61. The van der Waals surface area contributed by atoms with E-state index in [1.807, 2.05) is 0 Å². The third-order valence-corrected chi connectivity index (χ3v) is 4.50. The highest BCUT2D eigenvalue weighted by atomic mass is 32.2. The average Bonchev–Trinajstić information content (AvgIpc) is 2.35. The van der Waals surface area contributed by atoms with Crippen molar-refractivity contribution >= 4 is 10.0 Å². The zero-order valence-corrected chi connectivity index (χ0v) is 11.0. The smallest absolute Gasteiger partial charge is 0.242 e. The molecule has 0 amide bonds. The molecule has 0 atom stereocenters. The lowest BCUT2D eigenvalue weighted by molar-refractivity contribution is 0.453. The maximum absolute atomic E-state index is 12.1. The third kappa shape index (κ3) is 4.11. The minimum Gasteiger partial charge on any atom is -0.330 e. The van der Waals surface area contributed by atoms with Crippen LogP contribution in [-0.2, 0) is 10.0 Å². The Bertz CT molecular complexity index is 417. The van der Waals surface area contributed by atoms with Crippen LogP contribution in [0.4, 0.5) is 0 Å². The van der Waals surface area contributed by atoms with Crippen LogP contribution in [0.15, 0.2) is 35.2 Å². The van der Waals surface area contributed by atoms with Gasteiger partial charge in [-0.1, -0.05) is 24.6 Å². The van der Waals surface area contributed by atoms with Crippen molar-refractivity contribution in [3.63, 3.8) is 0 Å². The molecule has 0 heterocycles. The number of nitrogens with two attached hydrogens (primary N) is 1. The quantitative estimate of drug-likeness (QED) is 0.751. The number of sulfonamides is 1. The second kappa shape index (κ2) is 6.74. The first kappa shape index (κ1) is 14.2. The first-order chi connectivity index (χ1) is 8.09. The summed E-state index contributed by atoms with van der Waals surface area (Å²) in [5, 5.41) is 0. The zero-order chi connectivity index (χ0) is 12.7. The summed E-state index contributed by atoms with van der Waals surface area (Å²) < 4.78 is 25.6. The van der Waals surface area contributed by atoms with Crippen molar-refractivity contribution in [1.82, 2.24) is 4.31 Å². The molecule has 0 aliphatic rings. The summed E-state index contributed by atoms with van der Waals surface area (Å²) in [7, 11) is -1.71. The first-order valence-electron chi connectivity index (χ1n) is 5.80. The van der Waals surface area contributed by atoms with E-state index in [4.69, 9.17) is 5.73 Å². The summed E-state index contributed by atoms with van der Waals surface area (Å²) in [5.41, 5.74) is 5.39. The molecular formula is C12H20N2O2S. The van der Waals surface area contributed by atoms with Crippen molar-refractivity contribution in [2.75, 3.05) is 20.1 Å². The molecule has 2 N–H and O–H groups in total. The normalized spacial score (nSPS) is 11.9. The molecule has 0 aliphatic heterocycles. The van der Waals surface area contributed by atoms with Gasteiger partial charge in [0.1, 0.15) is 0 Å². The van der Waals surface area contributed by atoms with Crippen LogP contribution in [0.2, 0.25) is 0 Å². The van der Waals surface area contributed by atoms with E-state index >= 15 is 0 Å². The number of unbranched alkanes of at least 4 members (excludes halogenated alkanes) is 2. The number of benzene rings is 1. The van der Waals surface area contributed by atoms with Gasteiger partial charge in [-0.2, -0.15) is 0 Å². The minimum absolute atomic E-state index is 0.348. The largest absolute Gasteiger partial charge is 0.330 e. The standard InChI is InChI=1S/C12H20N2O2S/c1-14(11-7-3-6-10-13)17(15,16)12-8-4-2-5-9-12/h2,4-5,8-9H,3,6-7,10-11,13H2,1H3. The van der Waals surface area contributed by atoms with Gasteiger partial charge in [0.05, 0.1) is 4.90 Å². The molecule has 1 aromatic rings. The fourth-order valence-corrected chi connectivity index (χ4v) is 2.78. The molecule has 0 aliphatic carbocycles. The van der Waals surface area contributed by atoms with Gasteiger partial charge in [-0.3, -0.25) is 0 Å². The predicted molar refractivity (Wildman–Crippen MR) is 69.2 cm³/mol. The molecule has 0 spiro atoms. The molecule has 17 heavy (non-hydrogen) atoms. The van der Waals surface area contributed by atoms with E-state index in [2.05, 4.69) is 0 Å². The lowest BCUT2D eigenvalue weighted by Crippen LogP contribution is -2.28. The van der Waals surface area contributed by atoms with Crippen molar-refractivity contribution in [3.8, 4) is 0 Å². The zero-order valence-electron chi connectivity index (χ0n) is 10.2. The summed E-state index contributed by atoms with van der Waals surface area (Å²) in [6, 6.07) is 8.50. The van der Waals surface area contributed by atoms with E-state index in [0.29, 0.717) is 18.0 Å². The average molecular weight is 256 g/mol. The van der Waals surface area contributed by atoms with Gasteiger partial charge in [0.25, 0.3) is 0 Å². The van der Waals surface area contributed by atoms with Crippen LogP contribution < -0.4 is 5.73 Å². The number of hydrogen-bond acceptors (Lipinski definition) is 3. The molecule has 96 valence electrons. The molecule has 0 aromatic heterocycles. The van der Waals surface area contributed by atoms with Crippen LogP contribution in [0.3, 0.4) is 0 Å². The van der Waals surface area contributed by atoms with Crippen molar-refractivity contribution in [2.24, 2.45) is 5.73 Å². The van der Waals surface area contributed by atoms with E-state index in [-0.39, 0.29) is 0 Å². The summed E-state index contributed by atoms with van der Waals surface area (Å²) in [6.07, 6.45) is 2.75. The van der Waals surface area contributed by atoms with Crippen molar-refractivity contribution < 1.29 is 8.42 Å². The maximum Gasteiger partial charge on any atom is 0.242 e. The van der Waals surface area contributed by atoms with Crippen molar-refractivity contribution in [2.45, 2.75) is 24.2 Å². The number of rotatable bonds is 7. The van der Waals surface area contributed by atoms with Crippen LogP contribution in [0, 0.1) is 0 Å². The van der Waals surface area contributed by atoms with Gasteiger partial charge < -0.3 is 5.73 Å². The van der Waals surface area contributed by atoms with E-state index in [0.717, 1.165) is 19.3 Å². The topological polar surface area (TPSA) is 63.4 Å². The fraction of sp³-hybridized carbons (Fsp3) is 0.500. The van der Waals surface area contributed by atoms with Gasteiger partial charge >= 0.3 is 0 Å². The molecule has 0 fully saturated rings. The lowest BCUT2D eigenvalue weighted by atomic mass is 10.2. The van der Waals surface area contributed by atoms with Gasteiger partial charge in [0, 0.05) is 13.6 Å². The molecule has 0 bridgehead atoms. The summed E-state index contributed by atoms with van der Waals surface area (Å²) >= 11 is 0. The van der Waals surface area contributed by atoms with Crippen molar-refractivity contribution in [3.05, 3.63) is 30.3 Å². The Labute approximate surface area is 103 Å². The van der Waals surface area contributed by atoms with E-state index in [1.54, 1.807) is 37.4 Å². The fourth-order valence-electron chi connectivity index (χ4n) is 1.55. The second-order valence-electron chi connectivity index (χ2n) is 3.99. The lowest BCUT2D eigenvalue weighted by Gasteiger charge is -2.16. The Morgan fingerprint density at radius 2 is 1.76 bits per heavy atom. The third-order valence-electron chi connectivity index (χ3n) is 2.63. The molecule has 1 rings (SSSR count). The van der Waals surface area contributed by atoms with Gasteiger partial charge in [-0.25, -0.2) is 12.7 Å². The molecule has 0 unspecified atom stereocenters. The van der Waals surface area contributed by atoms with Crippen molar-refractivity contribution in [1.29, 1.82) is 0 Å². The summed E-state index contributed by atoms with van der Waals surface area (Å²) in [6.45, 7) is 1.20. The highest BCUT2D eigenvalue weighted by Crippen LogP contribution is 2.14. The summed E-state index contributed by atoms with van der Waals surface area (Å²) in [5.74, 6) is 0. The number of hydrogen-bond donors (Lipinski definition) is 1. The maximum atomic E-state index is 12.1. The minimum atomic E-state index is -3.32. The molecule has 0 saturated heterocycles. The van der Waals surface area contributed by atoms with E-state index in [1.165, 1.54) is 4.31 Å². The molecule has 1 aromatic carbocycles. The Morgan fingerprint density at radius 1 is 1.12 bits per heavy atom. The van der Waals surface area contributed by atoms with Gasteiger partial charge in [-0.15, -0.1) is 0 Å². The van der Waals surface area contributed by atoms with Gasteiger partial charge in [0.15, 0.2) is 0 Å². The van der Waals surface area contributed by atoms with Crippen LogP contribution in [0.1, 0.15) is 19.3 Å². The van der Waals surface area contributed by atoms with Gasteiger partial charge in [0.2, 0.25) is 10.0 Å². The first-order valence-corrected chi connectivity index (χ1v) is 7.24. The van der Waals surface area contributed by atoms with Crippen LogP contribution >= 0.6 is 0 Å². The molecule has 5 heteroatoms. The summed E-state index contributed by atoms with van der Waals surface area (Å²) in [4.78, 5) is 0.348. The highest BCUT2D eigenvalue weighted by molar-refractivity contribution is 7.89. The van der Waals surface area contributed by atoms with Gasteiger partial charge in [-0.05, 0) is 31.5 Å². The van der Waals surface area contributed by atoms with Crippen LogP contribution in [0.25, 0.3) is 0 Å².